The monoisotopic (exact) mass is 464 g/mol. The van der Waals surface area contributed by atoms with Crippen LogP contribution in [0.1, 0.15) is 18.1 Å². The van der Waals surface area contributed by atoms with Crippen molar-refractivity contribution in [3.05, 3.63) is 83.9 Å². The number of fused-ring (bicyclic) bond motifs is 2. The van der Waals surface area contributed by atoms with E-state index in [1.165, 1.54) is 0 Å². The number of aliphatic imine (C=N–C) groups is 2. The van der Waals surface area contributed by atoms with Gasteiger partial charge in [0.15, 0.2) is 0 Å². The van der Waals surface area contributed by atoms with E-state index in [2.05, 4.69) is 62.4 Å². The van der Waals surface area contributed by atoms with Gasteiger partial charge >= 0.3 is 0 Å². The molecule has 0 unspecified atom stereocenters. The van der Waals surface area contributed by atoms with Crippen LogP contribution in [0.3, 0.4) is 0 Å². The Labute approximate surface area is 203 Å². The molecule has 0 saturated carbocycles. The van der Waals surface area contributed by atoms with Crippen LogP contribution in [0.25, 0.3) is 44.3 Å². The molecule has 5 aromatic rings. The highest BCUT2D eigenvalue weighted by atomic mass is 16.3. The Hall–Kier alpha value is -4.36. The first-order valence-corrected chi connectivity index (χ1v) is 11.6. The summed E-state index contributed by atoms with van der Waals surface area (Å²) in [5.74, 6) is 0.979. The van der Waals surface area contributed by atoms with Crippen LogP contribution in [0.15, 0.2) is 82.8 Å². The summed E-state index contributed by atoms with van der Waals surface area (Å²) >= 11 is 0. The molecule has 0 aliphatic heterocycles. The Balaban J connectivity index is 1.41. The maximum absolute atomic E-state index is 8.96. The van der Waals surface area contributed by atoms with Gasteiger partial charge in [-0.1, -0.05) is 48.5 Å². The molecule has 7 nitrogen and oxygen atoms in total. The molecule has 2 heterocycles. The Kier molecular flexibility index (Phi) is 6.08. The minimum atomic E-state index is -0.0203. The molecule has 5 rings (SSSR count). The third kappa shape index (κ3) is 4.54. The summed E-state index contributed by atoms with van der Waals surface area (Å²) in [6.07, 6.45) is 0. The van der Waals surface area contributed by atoms with Crippen molar-refractivity contribution in [1.29, 1.82) is 0 Å². The number of hydrogen-bond donors (Lipinski definition) is 5. The summed E-state index contributed by atoms with van der Waals surface area (Å²) in [4.78, 5) is 15.5. The number of H-pyrrole nitrogens is 2. The van der Waals surface area contributed by atoms with E-state index in [1.807, 2.05) is 37.3 Å². The number of aromatic nitrogens is 2. The molecule has 176 valence electrons. The van der Waals surface area contributed by atoms with Gasteiger partial charge in [-0.05, 0) is 42.3 Å². The zero-order valence-electron chi connectivity index (χ0n) is 19.5. The molecule has 0 fully saturated rings. The van der Waals surface area contributed by atoms with Crippen LogP contribution in [0.2, 0.25) is 0 Å². The standard InChI is InChI=1S/C28H28N6O/c1-2-31-27(29)21-9-7-19-13-23(33-25(19)15-21)17-3-5-18(6-4-17)24-14-20-8-10-22(16-26(20)34-24)28(30)32-11-12-35/h3-10,13-16,33-35H,2,11-12H2,1H3,(H2,29,31)(H2,30,32). The minimum Gasteiger partial charge on any atom is -0.394 e. The average Bonchev–Trinajstić information content (AvgIpc) is 3.51. The van der Waals surface area contributed by atoms with E-state index < -0.39 is 0 Å². The molecular weight excluding hydrogens is 436 g/mol. The van der Waals surface area contributed by atoms with E-state index in [0.29, 0.717) is 24.8 Å². The Bertz CT molecular complexity index is 1560. The van der Waals surface area contributed by atoms with Gasteiger partial charge in [-0.3, -0.25) is 9.98 Å². The number of nitrogens with one attached hydrogen (secondary N) is 2. The molecule has 2 aromatic heterocycles. The van der Waals surface area contributed by atoms with E-state index >= 15 is 0 Å². The van der Waals surface area contributed by atoms with Gasteiger partial charge in [0, 0.05) is 50.9 Å². The summed E-state index contributed by atoms with van der Waals surface area (Å²) < 4.78 is 0. The van der Waals surface area contributed by atoms with Gasteiger partial charge in [0.05, 0.1) is 13.2 Å². The average molecular weight is 465 g/mol. The van der Waals surface area contributed by atoms with Gasteiger partial charge < -0.3 is 26.5 Å². The fourth-order valence-electron chi connectivity index (χ4n) is 4.24. The van der Waals surface area contributed by atoms with E-state index in [4.69, 9.17) is 16.6 Å². The van der Waals surface area contributed by atoms with E-state index in [9.17, 15) is 0 Å². The quantitative estimate of drug-likeness (QED) is 0.181. The van der Waals surface area contributed by atoms with Gasteiger partial charge in [0.1, 0.15) is 11.7 Å². The van der Waals surface area contributed by atoms with Gasteiger partial charge in [0.25, 0.3) is 0 Å². The number of aromatic amines is 2. The van der Waals surface area contributed by atoms with Crippen LogP contribution in [-0.4, -0.2) is 46.4 Å². The van der Waals surface area contributed by atoms with Crippen molar-refractivity contribution in [1.82, 2.24) is 9.97 Å². The lowest BCUT2D eigenvalue weighted by molar-refractivity contribution is 0.307. The molecule has 0 radical (unpaired) electrons. The van der Waals surface area contributed by atoms with Gasteiger partial charge in [-0.15, -0.1) is 0 Å². The first-order chi connectivity index (χ1) is 17.1. The van der Waals surface area contributed by atoms with E-state index in [1.54, 1.807) is 0 Å². The Morgan fingerprint density at radius 1 is 0.714 bits per heavy atom. The number of amidine groups is 2. The molecule has 35 heavy (non-hydrogen) atoms. The highest BCUT2D eigenvalue weighted by Gasteiger charge is 2.09. The SMILES string of the molecule is CCN=C(N)c1ccc2cc(-c3ccc(-c4cc5ccc(C(N)=NCCO)cc5[nH]4)cc3)[nH]c2c1. The molecule has 0 aliphatic carbocycles. The van der Waals surface area contributed by atoms with E-state index in [-0.39, 0.29) is 6.61 Å². The predicted octanol–water partition coefficient (Wildman–Crippen LogP) is 4.41. The van der Waals surface area contributed by atoms with Gasteiger partial charge in [0.2, 0.25) is 0 Å². The lowest BCUT2D eigenvalue weighted by atomic mass is 10.1. The molecule has 0 saturated heterocycles. The zero-order valence-corrected chi connectivity index (χ0v) is 19.5. The second kappa shape index (κ2) is 9.48. The summed E-state index contributed by atoms with van der Waals surface area (Å²) in [6, 6.07) is 24.8. The number of aliphatic hydroxyl groups is 1. The number of benzene rings is 3. The van der Waals surface area contributed by atoms with Crippen molar-refractivity contribution >= 4 is 33.5 Å². The molecule has 0 amide bonds. The fraction of sp³-hybridized carbons (Fsp3) is 0.143. The van der Waals surface area contributed by atoms with E-state index in [0.717, 1.165) is 55.4 Å². The highest BCUT2D eigenvalue weighted by Crippen LogP contribution is 2.29. The van der Waals surface area contributed by atoms with Gasteiger partial charge in [-0.2, -0.15) is 0 Å². The van der Waals surface area contributed by atoms with Crippen LogP contribution >= 0.6 is 0 Å². The summed E-state index contributed by atoms with van der Waals surface area (Å²) in [6.45, 7) is 2.91. The summed E-state index contributed by atoms with van der Waals surface area (Å²) in [5.41, 5.74) is 20.2. The molecule has 0 spiro atoms. The van der Waals surface area contributed by atoms with Crippen molar-refractivity contribution < 1.29 is 5.11 Å². The third-order valence-electron chi connectivity index (χ3n) is 6.05. The fourth-order valence-corrected chi connectivity index (χ4v) is 4.24. The topological polar surface area (TPSA) is 129 Å². The molecule has 0 bridgehead atoms. The Morgan fingerprint density at radius 3 is 1.66 bits per heavy atom. The number of rotatable bonds is 7. The van der Waals surface area contributed by atoms with Crippen molar-refractivity contribution in [3.63, 3.8) is 0 Å². The van der Waals surface area contributed by atoms with Crippen LogP contribution in [0.5, 0.6) is 0 Å². The molecule has 7 heteroatoms. The molecule has 0 atom stereocenters. The van der Waals surface area contributed by atoms with Crippen molar-refractivity contribution in [2.45, 2.75) is 6.92 Å². The smallest absolute Gasteiger partial charge is 0.125 e. The second-order valence-electron chi connectivity index (χ2n) is 8.40. The van der Waals surface area contributed by atoms with Crippen molar-refractivity contribution in [2.75, 3.05) is 19.7 Å². The van der Waals surface area contributed by atoms with Crippen LogP contribution in [-0.2, 0) is 0 Å². The number of nitrogens with two attached hydrogens (primary N) is 2. The lowest BCUT2D eigenvalue weighted by Gasteiger charge is -2.02. The normalized spacial score (nSPS) is 12.6. The second-order valence-corrected chi connectivity index (χ2v) is 8.40. The first-order valence-electron chi connectivity index (χ1n) is 11.6. The molecular formula is C28H28N6O. The first kappa shape index (κ1) is 22.4. The maximum atomic E-state index is 8.96. The maximum Gasteiger partial charge on any atom is 0.125 e. The third-order valence-corrected chi connectivity index (χ3v) is 6.05. The molecule has 3 aromatic carbocycles. The summed E-state index contributed by atoms with van der Waals surface area (Å²) in [7, 11) is 0. The van der Waals surface area contributed by atoms with Crippen LogP contribution in [0, 0.1) is 0 Å². The lowest BCUT2D eigenvalue weighted by Crippen LogP contribution is -2.14. The van der Waals surface area contributed by atoms with Gasteiger partial charge in [-0.25, -0.2) is 0 Å². The van der Waals surface area contributed by atoms with Crippen molar-refractivity contribution in [2.24, 2.45) is 21.5 Å². The summed E-state index contributed by atoms with van der Waals surface area (Å²) in [5, 5.41) is 11.2. The van der Waals surface area contributed by atoms with Crippen LogP contribution in [0.4, 0.5) is 0 Å². The zero-order chi connectivity index (χ0) is 24.4. The minimum absolute atomic E-state index is 0.0203. The van der Waals surface area contributed by atoms with Crippen LogP contribution < -0.4 is 11.5 Å². The molecule has 0 aliphatic rings. The Morgan fingerprint density at radius 2 is 1.20 bits per heavy atom. The highest BCUT2D eigenvalue weighted by molar-refractivity contribution is 6.02. The predicted molar refractivity (Wildman–Crippen MR) is 145 cm³/mol. The largest absolute Gasteiger partial charge is 0.394 e. The van der Waals surface area contributed by atoms with Crippen molar-refractivity contribution in [3.8, 4) is 22.5 Å². The number of hydrogen-bond acceptors (Lipinski definition) is 3. The number of nitrogens with zero attached hydrogens (tertiary/aromatic N) is 2. The number of aliphatic hydroxyl groups excluding tert-OH is 1. The molecule has 7 N–H and O–H groups in total.